The Kier molecular flexibility index (Phi) is 3.87. The molecule has 2 N–H and O–H groups in total. The van der Waals surface area contributed by atoms with Crippen LogP contribution < -0.4 is 0 Å². The molecule has 0 amide bonds. The van der Waals surface area contributed by atoms with E-state index in [-0.39, 0.29) is 5.75 Å². The summed E-state index contributed by atoms with van der Waals surface area (Å²) in [4.78, 5) is 0. The number of aromatic hydroxyl groups is 2. The van der Waals surface area contributed by atoms with Crippen molar-refractivity contribution >= 4 is 0 Å². The zero-order chi connectivity index (χ0) is 14.8. The van der Waals surface area contributed by atoms with Gasteiger partial charge < -0.3 is 10.2 Å². The average Bonchev–Trinajstić information content (AvgIpc) is 2.51. The maximum Gasteiger partial charge on any atom is 0.121 e. The van der Waals surface area contributed by atoms with E-state index < -0.39 is 0 Å². The molecule has 110 valence electrons. The van der Waals surface area contributed by atoms with Crippen LogP contribution in [0.1, 0.15) is 49.1 Å². The third-order valence-electron chi connectivity index (χ3n) is 4.55. The van der Waals surface area contributed by atoms with Crippen LogP contribution in [0.3, 0.4) is 0 Å². The number of phenolic OH excluding ortho intramolecular Hbond substituents is 2. The molecule has 2 aromatic rings. The fourth-order valence-corrected chi connectivity index (χ4v) is 3.38. The molecule has 3 rings (SSSR count). The molecule has 0 aliphatic heterocycles. The van der Waals surface area contributed by atoms with Crippen molar-refractivity contribution < 1.29 is 10.2 Å². The molecule has 21 heavy (non-hydrogen) atoms. The highest BCUT2D eigenvalue weighted by molar-refractivity contribution is 5.68. The predicted molar refractivity (Wildman–Crippen MR) is 85.8 cm³/mol. The molecule has 0 atom stereocenters. The smallest absolute Gasteiger partial charge is 0.121 e. The Hall–Kier alpha value is -1.96. The summed E-state index contributed by atoms with van der Waals surface area (Å²) >= 11 is 0. The molecule has 1 aliphatic rings. The fourth-order valence-electron chi connectivity index (χ4n) is 3.38. The van der Waals surface area contributed by atoms with Crippen LogP contribution in [-0.4, -0.2) is 10.2 Å². The Morgan fingerprint density at radius 1 is 0.905 bits per heavy atom. The van der Waals surface area contributed by atoms with Crippen molar-refractivity contribution in [2.45, 2.75) is 44.9 Å². The standard InChI is InChI=1S/C19H22O2/c1-13-10-16(15-8-5-9-17(20)11-15)12-18(19(13)21)14-6-3-2-4-7-14/h5,8-12,14,20-21H,2-4,6-7H2,1H3. The highest BCUT2D eigenvalue weighted by atomic mass is 16.3. The second kappa shape index (κ2) is 5.80. The summed E-state index contributed by atoms with van der Waals surface area (Å²) in [6.07, 6.45) is 6.13. The SMILES string of the molecule is Cc1cc(-c2cccc(O)c2)cc(C2CCCCC2)c1O. The van der Waals surface area contributed by atoms with Gasteiger partial charge in [0.25, 0.3) is 0 Å². The lowest BCUT2D eigenvalue weighted by molar-refractivity contribution is 0.412. The maximum absolute atomic E-state index is 10.4. The minimum atomic E-state index is 0.275. The summed E-state index contributed by atoms with van der Waals surface area (Å²) in [5.74, 6) is 1.19. The lowest BCUT2D eigenvalue weighted by atomic mass is 9.82. The Balaban J connectivity index is 2.04. The first-order chi connectivity index (χ1) is 10.1. The first kappa shape index (κ1) is 14.0. The quantitative estimate of drug-likeness (QED) is 0.802. The van der Waals surface area contributed by atoms with E-state index in [1.807, 2.05) is 25.1 Å². The molecular formula is C19H22O2. The van der Waals surface area contributed by atoms with E-state index >= 15 is 0 Å². The molecule has 2 nitrogen and oxygen atoms in total. The van der Waals surface area contributed by atoms with Gasteiger partial charge in [-0.1, -0.05) is 31.4 Å². The van der Waals surface area contributed by atoms with Crippen LogP contribution in [0.15, 0.2) is 36.4 Å². The Bertz CT molecular complexity index is 640. The Morgan fingerprint density at radius 3 is 2.38 bits per heavy atom. The summed E-state index contributed by atoms with van der Waals surface area (Å²) in [7, 11) is 0. The van der Waals surface area contributed by atoms with Gasteiger partial charge in [-0.2, -0.15) is 0 Å². The molecule has 0 aromatic heterocycles. The lowest BCUT2D eigenvalue weighted by Crippen LogP contribution is -2.05. The molecule has 0 saturated heterocycles. The minimum absolute atomic E-state index is 0.275. The van der Waals surface area contributed by atoms with Gasteiger partial charge in [0.1, 0.15) is 11.5 Å². The first-order valence-electron chi connectivity index (χ1n) is 7.78. The van der Waals surface area contributed by atoms with Crippen LogP contribution in [0.4, 0.5) is 0 Å². The number of rotatable bonds is 2. The number of hydrogen-bond acceptors (Lipinski definition) is 2. The monoisotopic (exact) mass is 282 g/mol. The van der Waals surface area contributed by atoms with Crippen molar-refractivity contribution in [2.24, 2.45) is 0 Å². The molecule has 2 aromatic carbocycles. The Morgan fingerprint density at radius 2 is 1.67 bits per heavy atom. The molecule has 0 radical (unpaired) electrons. The van der Waals surface area contributed by atoms with Crippen molar-refractivity contribution in [3.05, 3.63) is 47.5 Å². The third kappa shape index (κ3) is 2.90. The van der Waals surface area contributed by atoms with Crippen LogP contribution in [0.5, 0.6) is 11.5 Å². The van der Waals surface area contributed by atoms with E-state index in [9.17, 15) is 10.2 Å². The zero-order valence-electron chi connectivity index (χ0n) is 12.5. The molecule has 0 bridgehead atoms. The molecule has 1 fully saturated rings. The van der Waals surface area contributed by atoms with E-state index in [0.717, 1.165) is 35.1 Å². The number of phenols is 2. The van der Waals surface area contributed by atoms with E-state index in [1.54, 1.807) is 12.1 Å². The Labute approximate surface area is 126 Å². The second-order valence-corrected chi connectivity index (χ2v) is 6.12. The van der Waals surface area contributed by atoms with Gasteiger partial charge in [0.05, 0.1) is 0 Å². The molecule has 1 aliphatic carbocycles. The van der Waals surface area contributed by atoms with Crippen LogP contribution in [-0.2, 0) is 0 Å². The summed E-state index contributed by atoms with van der Waals surface area (Å²) in [6, 6.07) is 11.4. The van der Waals surface area contributed by atoms with Gasteiger partial charge in [0.2, 0.25) is 0 Å². The van der Waals surface area contributed by atoms with Crippen LogP contribution in [0.2, 0.25) is 0 Å². The zero-order valence-corrected chi connectivity index (χ0v) is 12.5. The minimum Gasteiger partial charge on any atom is -0.508 e. The normalized spacial score (nSPS) is 16.0. The van der Waals surface area contributed by atoms with Gasteiger partial charge in [-0.15, -0.1) is 0 Å². The summed E-state index contributed by atoms with van der Waals surface area (Å²) in [5, 5.41) is 20.1. The van der Waals surface area contributed by atoms with Gasteiger partial charge >= 0.3 is 0 Å². The first-order valence-corrected chi connectivity index (χ1v) is 7.78. The van der Waals surface area contributed by atoms with Gasteiger partial charge in [0, 0.05) is 0 Å². The molecule has 0 spiro atoms. The number of aryl methyl sites for hydroxylation is 1. The van der Waals surface area contributed by atoms with E-state index in [4.69, 9.17) is 0 Å². The van der Waals surface area contributed by atoms with Crippen LogP contribution >= 0.6 is 0 Å². The lowest BCUT2D eigenvalue weighted by Gasteiger charge is -2.24. The van der Waals surface area contributed by atoms with Crippen molar-refractivity contribution in [1.29, 1.82) is 0 Å². The second-order valence-electron chi connectivity index (χ2n) is 6.12. The van der Waals surface area contributed by atoms with Crippen molar-refractivity contribution in [3.8, 4) is 22.6 Å². The highest BCUT2D eigenvalue weighted by Crippen LogP contribution is 2.40. The fraction of sp³-hybridized carbons (Fsp3) is 0.368. The predicted octanol–water partition coefficient (Wildman–Crippen LogP) is 5.12. The van der Waals surface area contributed by atoms with Crippen LogP contribution in [0, 0.1) is 6.92 Å². The van der Waals surface area contributed by atoms with Crippen molar-refractivity contribution in [3.63, 3.8) is 0 Å². The van der Waals surface area contributed by atoms with E-state index in [2.05, 4.69) is 6.07 Å². The topological polar surface area (TPSA) is 40.5 Å². The molecular weight excluding hydrogens is 260 g/mol. The summed E-state index contributed by atoms with van der Waals surface area (Å²) < 4.78 is 0. The molecule has 0 unspecified atom stereocenters. The van der Waals surface area contributed by atoms with Crippen molar-refractivity contribution in [1.82, 2.24) is 0 Å². The van der Waals surface area contributed by atoms with Gasteiger partial charge in [-0.05, 0) is 72.2 Å². The maximum atomic E-state index is 10.4. The summed E-state index contributed by atoms with van der Waals surface area (Å²) in [5.41, 5.74) is 4.06. The van der Waals surface area contributed by atoms with Gasteiger partial charge in [0.15, 0.2) is 0 Å². The summed E-state index contributed by atoms with van der Waals surface area (Å²) in [6.45, 7) is 1.95. The highest BCUT2D eigenvalue weighted by Gasteiger charge is 2.20. The van der Waals surface area contributed by atoms with E-state index in [1.165, 1.54) is 19.3 Å². The van der Waals surface area contributed by atoms with Gasteiger partial charge in [-0.3, -0.25) is 0 Å². The van der Waals surface area contributed by atoms with E-state index in [0.29, 0.717) is 11.7 Å². The molecule has 0 heterocycles. The van der Waals surface area contributed by atoms with Crippen molar-refractivity contribution in [2.75, 3.05) is 0 Å². The van der Waals surface area contributed by atoms with Crippen LogP contribution in [0.25, 0.3) is 11.1 Å². The number of benzene rings is 2. The largest absolute Gasteiger partial charge is 0.508 e. The number of hydrogen-bond donors (Lipinski definition) is 2. The molecule has 1 saturated carbocycles. The third-order valence-corrected chi connectivity index (χ3v) is 4.55. The average molecular weight is 282 g/mol. The molecule has 2 heteroatoms. The van der Waals surface area contributed by atoms with Gasteiger partial charge in [-0.25, -0.2) is 0 Å².